The monoisotopic (exact) mass is 272 g/mol. The lowest BCUT2D eigenvalue weighted by Gasteiger charge is -2.03. The molecule has 0 bridgehead atoms. The number of urea groups is 1. The number of hydrogen-bond donors (Lipinski definition) is 3. The standard InChI is InChI=1S/C7H12N2O3.C5H8O2/c1-5(2)6(10)12-4-3-9-7(8)11;1-3-4(2)5(6)7/h1,3-4H2,2H3,(H3,8,9,11);2-3H2,1H3,(H,6,7). The van der Waals surface area contributed by atoms with Crippen LogP contribution in [0.4, 0.5) is 4.79 Å². The molecule has 0 heterocycles. The topological polar surface area (TPSA) is 119 Å². The van der Waals surface area contributed by atoms with Crippen molar-refractivity contribution in [1.29, 1.82) is 0 Å². The lowest BCUT2D eigenvalue weighted by atomic mass is 10.2. The molecule has 0 rings (SSSR count). The molecule has 7 heteroatoms. The first-order valence-corrected chi connectivity index (χ1v) is 5.49. The second-order valence-corrected chi connectivity index (χ2v) is 3.47. The van der Waals surface area contributed by atoms with Crippen molar-refractivity contribution in [2.24, 2.45) is 5.73 Å². The Morgan fingerprint density at radius 1 is 1.32 bits per heavy atom. The minimum atomic E-state index is -0.900. The van der Waals surface area contributed by atoms with Gasteiger partial charge in [-0.2, -0.15) is 0 Å². The van der Waals surface area contributed by atoms with Gasteiger partial charge in [-0.15, -0.1) is 0 Å². The zero-order valence-electron chi connectivity index (χ0n) is 11.2. The predicted octanol–water partition coefficient (Wildman–Crippen LogP) is 0.811. The first-order valence-electron chi connectivity index (χ1n) is 5.49. The van der Waals surface area contributed by atoms with Crippen LogP contribution in [0, 0.1) is 0 Å². The van der Waals surface area contributed by atoms with Crippen molar-refractivity contribution in [2.75, 3.05) is 13.2 Å². The van der Waals surface area contributed by atoms with Gasteiger partial charge in [-0.3, -0.25) is 0 Å². The predicted molar refractivity (Wildman–Crippen MR) is 70.4 cm³/mol. The Hall–Kier alpha value is -2.31. The highest BCUT2D eigenvalue weighted by Crippen LogP contribution is 1.93. The molecule has 2 amide bonds. The maximum atomic E-state index is 10.7. The summed E-state index contributed by atoms with van der Waals surface area (Å²) < 4.78 is 4.65. The van der Waals surface area contributed by atoms with Gasteiger partial charge in [0.15, 0.2) is 0 Å². The highest BCUT2D eigenvalue weighted by Gasteiger charge is 2.01. The number of primary amides is 1. The molecule has 19 heavy (non-hydrogen) atoms. The van der Waals surface area contributed by atoms with Crippen molar-refractivity contribution in [3.63, 3.8) is 0 Å². The van der Waals surface area contributed by atoms with Crippen LogP contribution in [0.3, 0.4) is 0 Å². The van der Waals surface area contributed by atoms with Crippen LogP contribution in [0.5, 0.6) is 0 Å². The molecular formula is C12H20N2O5. The van der Waals surface area contributed by atoms with Crippen LogP contribution >= 0.6 is 0 Å². The van der Waals surface area contributed by atoms with E-state index in [4.69, 9.17) is 10.8 Å². The molecule has 0 fully saturated rings. The van der Waals surface area contributed by atoms with Crippen LogP contribution in [-0.2, 0) is 14.3 Å². The molecule has 0 unspecified atom stereocenters. The lowest BCUT2D eigenvalue weighted by Crippen LogP contribution is -2.32. The average molecular weight is 272 g/mol. The number of hydrogen-bond acceptors (Lipinski definition) is 4. The van der Waals surface area contributed by atoms with Gasteiger partial charge >= 0.3 is 18.0 Å². The maximum absolute atomic E-state index is 10.7. The van der Waals surface area contributed by atoms with E-state index in [1.807, 2.05) is 0 Å². The SMILES string of the molecule is C=C(C)C(=O)OCCNC(N)=O.C=C(CC)C(=O)O. The first kappa shape index (κ1) is 19.0. The fraction of sp³-hybridized carbons (Fsp3) is 0.417. The fourth-order valence-corrected chi connectivity index (χ4v) is 0.592. The van der Waals surface area contributed by atoms with Gasteiger partial charge in [0, 0.05) is 11.1 Å². The number of aliphatic carboxylic acids is 1. The summed E-state index contributed by atoms with van der Waals surface area (Å²) in [5.74, 6) is -1.37. The maximum Gasteiger partial charge on any atom is 0.333 e. The van der Waals surface area contributed by atoms with Gasteiger partial charge in [0.05, 0.1) is 6.54 Å². The zero-order chi connectivity index (χ0) is 15.4. The molecule has 0 aromatic heterocycles. The Morgan fingerprint density at radius 2 is 1.84 bits per heavy atom. The molecule has 0 saturated heterocycles. The van der Waals surface area contributed by atoms with Crippen LogP contribution in [0.25, 0.3) is 0 Å². The van der Waals surface area contributed by atoms with Crippen molar-refractivity contribution in [1.82, 2.24) is 5.32 Å². The summed E-state index contributed by atoms with van der Waals surface area (Å²) in [7, 11) is 0. The normalized spacial score (nSPS) is 8.53. The number of carbonyl (C=O) groups excluding carboxylic acids is 2. The number of carboxylic acid groups (broad SMARTS) is 1. The number of ether oxygens (including phenoxy) is 1. The van der Waals surface area contributed by atoms with Crippen LogP contribution in [0.15, 0.2) is 24.3 Å². The summed E-state index contributed by atoms with van der Waals surface area (Å²) in [5.41, 5.74) is 5.35. The van der Waals surface area contributed by atoms with Gasteiger partial charge in [0.1, 0.15) is 6.61 Å². The van der Waals surface area contributed by atoms with Crippen molar-refractivity contribution in [3.8, 4) is 0 Å². The van der Waals surface area contributed by atoms with E-state index < -0.39 is 18.0 Å². The second-order valence-electron chi connectivity index (χ2n) is 3.47. The van der Waals surface area contributed by atoms with E-state index in [1.165, 1.54) is 0 Å². The lowest BCUT2D eigenvalue weighted by molar-refractivity contribution is -0.138. The average Bonchev–Trinajstić information content (AvgIpc) is 2.33. The number of nitrogens with one attached hydrogen (secondary N) is 1. The molecule has 0 saturated carbocycles. The largest absolute Gasteiger partial charge is 0.478 e. The highest BCUT2D eigenvalue weighted by molar-refractivity contribution is 5.87. The number of nitrogens with two attached hydrogens (primary N) is 1. The zero-order valence-corrected chi connectivity index (χ0v) is 11.2. The summed E-state index contributed by atoms with van der Waals surface area (Å²) in [5, 5.41) is 10.4. The van der Waals surface area contributed by atoms with E-state index in [2.05, 4.69) is 23.2 Å². The van der Waals surface area contributed by atoms with E-state index in [0.717, 1.165) is 0 Å². The molecular weight excluding hydrogens is 252 g/mol. The van der Waals surface area contributed by atoms with E-state index in [-0.39, 0.29) is 18.7 Å². The van der Waals surface area contributed by atoms with Gasteiger partial charge in [-0.25, -0.2) is 14.4 Å². The molecule has 0 atom stereocenters. The summed E-state index contributed by atoms with van der Waals surface area (Å²) in [6.07, 6.45) is 0.523. The van der Waals surface area contributed by atoms with Crippen molar-refractivity contribution in [2.45, 2.75) is 20.3 Å². The van der Waals surface area contributed by atoms with Crippen LogP contribution < -0.4 is 11.1 Å². The van der Waals surface area contributed by atoms with E-state index >= 15 is 0 Å². The molecule has 0 aliphatic heterocycles. The quantitative estimate of drug-likeness (QED) is 0.375. The summed E-state index contributed by atoms with van der Waals surface area (Å²) in [6.45, 7) is 10.3. The Bertz CT molecular complexity index is 363. The summed E-state index contributed by atoms with van der Waals surface area (Å²) >= 11 is 0. The van der Waals surface area contributed by atoms with Crippen molar-refractivity contribution < 1.29 is 24.2 Å². The van der Waals surface area contributed by atoms with Gasteiger partial charge in [-0.05, 0) is 13.3 Å². The van der Waals surface area contributed by atoms with E-state index in [9.17, 15) is 14.4 Å². The third-order valence-corrected chi connectivity index (χ3v) is 1.71. The smallest absolute Gasteiger partial charge is 0.333 e. The highest BCUT2D eigenvalue weighted by atomic mass is 16.5. The van der Waals surface area contributed by atoms with Gasteiger partial charge in [-0.1, -0.05) is 20.1 Å². The molecule has 0 aliphatic rings. The van der Waals surface area contributed by atoms with E-state index in [0.29, 0.717) is 12.0 Å². The number of esters is 1. The Labute approximate surface area is 112 Å². The van der Waals surface area contributed by atoms with Gasteiger partial charge in [0.25, 0.3) is 0 Å². The van der Waals surface area contributed by atoms with Crippen LogP contribution in [0.2, 0.25) is 0 Å². The number of carbonyl (C=O) groups is 3. The third-order valence-electron chi connectivity index (χ3n) is 1.71. The van der Waals surface area contributed by atoms with Crippen LogP contribution in [0.1, 0.15) is 20.3 Å². The summed E-state index contributed by atoms with van der Waals surface area (Å²) in [6, 6.07) is -0.638. The summed E-state index contributed by atoms with van der Waals surface area (Å²) in [4.78, 5) is 30.7. The minimum Gasteiger partial charge on any atom is -0.478 e. The molecule has 0 aliphatic carbocycles. The molecule has 4 N–H and O–H groups in total. The van der Waals surface area contributed by atoms with Crippen molar-refractivity contribution in [3.05, 3.63) is 24.3 Å². The number of rotatable bonds is 6. The van der Waals surface area contributed by atoms with Crippen LogP contribution in [-0.4, -0.2) is 36.2 Å². The Morgan fingerprint density at radius 3 is 2.11 bits per heavy atom. The molecule has 7 nitrogen and oxygen atoms in total. The molecule has 0 spiro atoms. The molecule has 0 aromatic carbocycles. The Kier molecular flexibility index (Phi) is 10.8. The third kappa shape index (κ3) is 13.6. The fourth-order valence-electron chi connectivity index (χ4n) is 0.592. The molecule has 0 radical (unpaired) electrons. The van der Waals surface area contributed by atoms with Gasteiger partial charge in [0.2, 0.25) is 0 Å². The first-order chi connectivity index (χ1) is 8.72. The number of carboxylic acids is 1. The second kappa shape index (κ2) is 10.8. The van der Waals surface area contributed by atoms with Gasteiger partial charge < -0.3 is 20.9 Å². The molecule has 108 valence electrons. The van der Waals surface area contributed by atoms with E-state index in [1.54, 1.807) is 13.8 Å². The Balaban J connectivity index is 0. The van der Waals surface area contributed by atoms with Crippen molar-refractivity contribution >= 4 is 18.0 Å². The number of amides is 2. The molecule has 0 aromatic rings. The minimum absolute atomic E-state index is 0.106.